The van der Waals surface area contributed by atoms with Crippen molar-refractivity contribution in [3.8, 4) is 0 Å². The molecule has 104 valence electrons. The predicted molar refractivity (Wildman–Crippen MR) is 69.1 cm³/mol. The SMILES string of the molecule is CC(=O)CC(=O)[C@H](CC(=O)OC(C)(C)C)C(C)C. The van der Waals surface area contributed by atoms with Crippen LogP contribution in [0, 0.1) is 11.8 Å². The molecule has 0 heterocycles. The van der Waals surface area contributed by atoms with Crippen LogP contribution in [0.15, 0.2) is 0 Å². The van der Waals surface area contributed by atoms with Gasteiger partial charge in [0.15, 0.2) is 0 Å². The molecule has 0 aromatic heterocycles. The second kappa shape index (κ2) is 6.66. The lowest BCUT2D eigenvalue weighted by Gasteiger charge is -2.23. The van der Waals surface area contributed by atoms with Gasteiger partial charge in [0, 0.05) is 5.92 Å². The van der Waals surface area contributed by atoms with E-state index in [1.807, 2.05) is 13.8 Å². The maximum absolute atomic E-state index is 11.9. The molecule has 4 nitrogen and oxygen atoms in total. The highest BCUT2D eigenvalue weighted by Crippen LogP contribution is 2.20. The molecule has 18 heavy (non-hydrogen) atoms. The van der Waals surface area contributed by atoms with Crippen LogP contribution in [-0.4, -0.2) is 23.1 Å². The molecule has 0 fully saturated rings. The maximum Gasteiger partial charge on any atom is 0.307 e. The molecule has 0 radical (unpaired) electrons. The molecule has 0 saturated carbocycles. The van der Waals surface area contributed by atoms with Crippen molar-refractivity contribution in [2.24, 2.45) is 11.8 Å². The molecule has 0 bridgehead atoms. The lowest BCUT2D eigenvalue weighted by molar-refractivity contribution is -0.158. The quantitative estimate of drug-likeness (QED) is 0.541. The summed E-state index contributed by atoms with van der Waals surface area (Å²) in [5, 5.41) is 0. The van der Waals surface area contributed by atoms with E-state index in [1.54, 1.807) is 20.8 Å². The first-order valence-electron chi connectivity index (χ1n) is 6.27. The number of ketones is 2. The Balaban J connectivity index is 4.59. The lowest BCUT2D eigenvalue weighted by atomic mass is 9.86. The van der Waals surface area contributed by atoms with Gasteiger partial charge in [-0.2, -0.15) is 0 Å². The van der Waals surface area contributed by atoms with Crippen molar-refractivity contribution in [2.75, 3.05) is 0 Å². The minimum atomic E-state index is -0.553. The maximum atomic E-state index is 11.9. The topological polar surface area (TPSA) is 60.4 Å². The van der Waals surface area contributed by atoms with Crippen molar-refractivity contribution >= 4 is 17.5 Å². The van der Waals surface area contributed by atoms with Crippen molar-refractivity contribution in [1.29, 1.82) is 0 Å². The average molecular weight is 256 g/mol. The van der Waals surface area contributed by atoms with Gasteiger partial charge in [0.1, 0.15) is 17.2 Å². The summed E-state index contributed by atoms with van der Waals surface area (Å²) in [6, 6.07) is 0. The molecule has 0 saturated heterocycles. The van der Waals surface area contributed by atoms with Crippen LogP contribution in [0.25, 0.3) is 0 Å². The highest BCUT2D eigenvalue weighted by Gasteiger charge is 2.28. The van der Waals surface area contributed by atoms with Crippen molar-refractivity contribution < 1.29 is 19.1 Å². The highest BCUT2D eigenvalue weighted by atomic mass is 16.6. The zero-order chi connectivity index (χ0) is 14.5. The van der Waals surface area contributed by atoms with Gasteiger partial charge in [0.25, 0.3) is 0 Å². The Morgan fingerprint density at radius 3 is 1.94 bits per heavy atom. The van der Waals surface area contributed by atoms with Crippen LogP contribution < -0.4 is 0 Å². The molecule has 0 N–H and O–H groups in total. The number of esters is 1. The fourth-order valence-corrected chi connectivity index (χ4v) is 1.66. The van der Waals surface area contributed by atoms with E-state index in [2.05, 4.69) is 0 Å². The van der Waals surface area contributed by atoms with Gasteiger partial charge in [0.2, 0.25) is 0 Å². The van der Waals surface area contributed by atoms with Gasteiger partial charge in [-0.25, -0.2) is 0 Å². The summed E-state index contributed by atoms with van der Waals surface area (Å²) in [5.74, 6) is -1.16. The standard InChI is InChI=1S/C14H24O4/c1-9(2)11(12(16)7-10(3)15)8-13(17)18-14(4,5)6/h9,11H,7-8H2,1-6H3/t11-/m1/s1. The normalized spacial score (nSPS) is 13.3. The van der Waals surface area contributed by atoms with Gasteiger partial charge in [-0.3, -0.25) is 14.4 Å². The van der Waals surface area contributed by atoms with E-state index in [9.17, 15) is 14.4 Å². The Morgan fingerprint density at radius 1 is 1.11 bits per heavy atom. The average Bonchev–Trinajstić information content (AvgIpc) is 2.09. The summed E-state index contributed by atoms with van der Waals surface area (Å²) in [6.07, 6.45) is -0.0628. The summed E-state index contributed by atoms with van der Waals surface area (Å²) < 4.78 is 5.20. The third-order valence-corrected chi connectivity index (χ3v) is 2.45. The Morgan fingerprint density at radius 2 is 1.61 bits per heavy atom. The number of ether oxygens (including phenoxy) is 1. The first-order valence-corrected chi connectivity index (χ1v) is 6.27. The van der Waals surface area contributed by atoms with Crippen molar-refractivity contribution in [3.05, 3.63) is 0 Å². The van der Waals surface area contributed by atoms with Gasteiger partial charge in [-0.1, -0.05) is 13.8 Å². The largest absolute Gasteiger partial charge is 0.460 e. The van der Waals surface area contributed by atoms with Crippen LogP contribution >= 0.6 is 0 Å². The summed E-state index contributed by atoms with van der Waals surface area (Å²) in [4.78, 5) is 34.5. The van der Waals surface area contributed by atoms with E-state index in [-0.39, 0.29) is 30.3 Å². The Bertz CT molecular complexity index is 323. The molecule has 0 aliphatic carbocycles. The van der Waals surface area contributed by atoms with Crippen LogP contribution in [0.5, 0.6) is 0 Å². The van der Waals surface area contributed by atoms with Crippen molar-refractivity contribution in [1.82, 2.24) is 0 Å². The zero-order valence-electron chi connectivity index (χ0n) is 12.2. The molecule has 0 amide bonds. The molecule has 0 aromatic rings. The molecule has 0 aromatic carbocycles. The second-order valence-corrected chi connectivity index (χ2v) is 5.99. The number of hydrogen-bond donors (Lipinski definition) is 0. The van der Waals surface area contributed by atoms with Crippen LogP contribution in [0.3, 0.4) is 0 Å². The highest BCUT2D eigenvalue weighted by molar-refractivity contribution is 6.00. The summed E-state index contributed by atoms with van der Waals surface area (Å²) in [6.45, 7) is 10.5. The Kier molecular flexibility index (Phi) is 6.22. The van der Waals surface area contributed by atoms with Crippen molar-refractivity contribution in [2.45, 2.75) is 60.0 Å². The van der Waals surface area contributed by atoms with Crippen LogP contribution in [0.4, 0.5) is 0 Å². The fraction of sp³-hybridized carbons (Fsp3) is 0.786. The van der Waals surface area contributed by atoms with Gasteiger partial charge in [-0.15, -0.1) is 0 Å². The van der Waals surface area contributed by atoms with Gasteiger partial charge in [0.05, 0.1) is 12.8 Å². The summed E-state index contributed by atoms with van der Waals surface area (Å²) in [5.41, 5.74) is -0.553. The van der Waals surface area contributed by atoms with Crippen LogP contribution in [0.1, 0.15) is 54.4 Å². The molecular weight excluding hydrogens is 232 g/mol. The number of rotatable bonds is 6. The number of Topliss-reactive ketones (excluding diaryl/α,β-unsaturated/α-hetero) is 2. The van der Waals surface area contributed by atoms with E-state index < -0.39 is 17.5 Å². The summed E-state index contributed by atoms with van der Waals surface area (Å²) in [7, 11) is 0. The van der Waals surface area contributed by atoms with E-state index in [1.165, 1.54) is 6.92 Å². The van der Waals surface area contributed by atoms with Crippen molar-refractivity contribution in [3.63, 3.8) is 0 Å². The Labute approximate surface area is 109 Å². The monoisotopic (exact) mass is 256 g/mol. The van der Waals surface area contributed by atoms with Crippen LogP contribution in [0.2, 0.25) is 0 Å². The first kappa shape index (κ1) is 16.8. The zero-order valence-corrected chi connectivity index (χ0v) is 12.2. The molecule has 4 heteroatoms. The molecule has 0 rings (SSSR count). The van der Waals surface area contributed by atoms with Crippen LogP contribution in [-0.2, 0) is 19.1 Å². The Hall–Kier alpha value is -1.19. The van der Waals surface area contributed by atoms with Gasteiger partial charge in [-0.05, 0) is 33.6 Å². The summed E-state index contributed by atoms with van der Waals surface area (Å²) >= 11 is 0. The molecule has 0 unspecified atom stereocenters. The van der Waals surface area contributed by atoms with E-state index in [0.717, 1.165) is 0 Å². The second-order valence-electron chi connectivity index (χ2n) is 5.99. The van der Waals surface area contributed by atoms with Gasteiger partial charge >= 0.3 is 5.97 Å². The molecule has 0 spiro atoms. The third kappa shape index (κ3) is 7.20. The molecular formula is C14H24O4. The lowest BCUT2D eigenvalue weighted by Crippen LogP contribution is -2.30. The minimum Gasteiger partial charge on any atom is -0.460 e. The number of hydrogen-bond acceptors (Lipinski definition) is 4. The number of carbonyl (C=O) groups excluding carboxylic acids is 3. The van der Waals surface area contributed by atoms with Gasteiger partial charge < -0.3 is 4.74 Å². The van der Waals surface area contributed by atoms with E-state index in [0.29, 0.717) is 0 Å². The van der Waals surface area contributed by atoms with E-state index >= 15 is 0 Å². The molecule has 0 aliphatic heterocycles. The minimum absolute atomic E-state index is 0.0179. The predicted octanol–water partition coefficient (Wildman–Crippen LogP) is 2.54. The molecule has 1 atom stereocenters. The molecule has 0 aliphatic rings. The number of carbonyl (C=O) groups is 3. The fourth-order valence-electron chi connectivity index (χ4n) is 1.66. The first-order chi connectivity index (χ1) is 8.03. The smallest absolute Gasteiger partial charge is 0.307 e. The third-order valence-electron chi connectivity index (χ3n) is 2.45. The van der Waals surface area contributed by atoms with E-state index in [4.69, 9.17) is 4.74 Å².